The first-order valence-corrected chi connectivity index (χ1v) is 7.68. The lowest BCUT2D eigenvalue weighted by Crippen LogP contribution is -1.99. The molecule has 0 saturated heterocycles. The molecule has 3 rings (SSSR count). The SMILES string of the molecule is COc1cc(OC)c(Cc2ccc(-c3ccccc3)o2)c(OC)c1. The third-order valence-corrected chi connectivity index (χ3v) is 3.89. The van der Waals surface area contributed by atoms with Gasteiger partial charge in [0, 0.05) is 29.7 Å². The molecule has 1 aromatic heterocycles. The average molecular weight is 324 g/mol. The van der Waals surface area contributed by atoms with Crippen molar-refractivity contribution in [2.45, 2.75) is 6.42 Å². The van der Waals surface area contributed by atoms with Gasteiger partial charge in [-0.1, -0.05) is 30.3 Å². The molecule has 2 aromatic carbocycles. The molecule has 0 unspecified atom stereocenters. The van der Waals surface area contributed by atoms with E-state index in [0.29, 0.717) is 23.7 Å². The highest BCUT2D eigenvalue weighted by molar-refractivity contribution is 5.58. The molecule has 0 saturated carbocycles. The molecule has 0 aliphatic heterocycles. The minimum atomic E-state index is 0.573. The van der Waals surface area contributed by atoms with E-state index in [-0.39, 0.29) is 0 Å². The van der Waals surface area contributed by atoms with Crippen LogP contribution >= 0.6 is 0 Å². The van der Waals surface area contributed by atoms with E-state index < -0.39 is 0 Å². The Kier molecular flexibility index (Phi) is 4.75. The van der Waals surface area contributed by atoms with Crippen molar-refractivity contribution in [3.05, 3.63) is 65.9 Å². The summed E-state index contributed by atoms with van der Waals surface area (Å²) in [5.74, 6) is 3.80. The van der Waals surface area contributed by atoms with Crippen molar-refractivity contribution in [2.75, 3.05) is 21.3 Å². The van der Waals surface area contributed by atoms with E-state index in [1.807, 2.05) is 54.6 Å². The van der Waals surface area contributed by atoms with Gasteiger partial charge >= 0.3 is 0 Å². The zero-order valence-electron chi connectivity index (χ0n) is 14.0. The van der Waals surface area contributed by atoms with Gasteiger partial charge < -0.3 is 18.6 Å². The summed E-state index contributed by atoms with van der Waals surface area (Å²) in [6.07, 6.45) is 0.573. The Morgan fingerprint density at radius 3 is 2.04 bits per heavy atom. The topological polar surface area (TPSA) is 40.8 Å². The lowest BCUT2D eigenvalue weighted by atomic mass is 10.1. The Morgan fingerprint density at radius 1 is 0.792 bits per heavy atom. The zero-order valence-corrected chi connectivity index (χ0v) is 14.0. The van der Waals surface area contributed by atoms with Gasteiger partial charge in [0.25, 0.3) is 0 Å². The second-order valence-electron chi connectivity index (χ2n) is 5.32. The van der Waals surface area contributed by atoms with Crippen LogP contribution in [0.3, 0.4) is 0 Å². The lowest BCUT2D eigenvalue weighted by Gasteiger charge is -2.14. The molecular formula is C20H20O4. The number of benzene rings is 2. The highest BCUT2D eigenvalue weighted by Gasteiger charge is 2.16. The molecule has 1 heterocycles. The van der Waals surface area contributed by atoms with Gasteiger partial charge in [-0.15, -0.1) is 0 Å². The third kappa shape index (κ3) is 3.23. The summed E-state index contributed by atoms with van der Waals surface area (Å²) >= 11 is 0. The van der Waals surface area contributed by atoms with Crippen LogP contribution in [0.15, 0.2) is 59.0 Å². The minimum absolute atomic E-state index is 0.573. The van der Waals surface area contributed by atoms with Crippen LogP contribution in [0.4, 0.5) is 0 Å². The van der Waals surface area contributed by atoms with Crippen molar-refractivity contribution in [3.8, 4) is 28.6 Å². The van der Waals surface area contributed by atoms with Crippen molar-refractivity contribution < 1.29 is 18.6 Å². The summed E-state index contributed by atoms with van der Waals surface area (Å²) < 4.78 is 22.3. The van der Waals surface area contributed by atoms with Crippen molar-refractivity contribution in [3.63, 3.8) is 0 Å². The maximum absolute atomic E-state index is 5.99. The molecule has 24 heavy (non-hydrogen) atoms. The number of rotatable bonds is 6. The highest BCUT2D eigenvalue weighted by Crippen LogP contribution is 2.36. The van der Waals surface area contributed by atoms with E-state index in [1.165, 1.54) is 0 Å². The smallest absolute Gasteiger partial charge is 0.134 e. The Hall–Kier alpha value is -2.88. The fraction of sp³-hybridized carbons (Fsp3) is 0.200. The molecule has 4 nitrogen and oxygen atoms in total. The molecule has 0 radical (unpaired) electrons. The van der Waals surface area contributed by atoms with Crippen LogP contribution in [0.2, 0.25) is 0 Å². The number of hydrogen-bond donors (Lipinski definition) is 0. The highest BCUT2D eigenvalue weighted by atomic mass is 16.5. The Labute approximate surface area is 141 Å². The van der Waals surface area contributed by atoms with Gasteiger partial charge in [-0.25, -0.2) is 0 Å². The molecule has 4 heteroatoms. The van der Waals surface area contributed by atoms with Crippen molar-refractivity contribution in [1.82, 2.24) is 0 Å². The second kappa shape index (κ2) is 7.13. The number of methoxy groups -OCH3 is 3. The van der Waals surface area contributed by atoms with Gasteiger partial charge in [-0.2, -0.15) is 0 Å². The third-order valence-electron chi connectivity index (χ3n) is 3.89. The maximum Gasteiger partial charge on any atom is 0.134 e. The van der Waals surface area contributed by atoms with Crippen LogP contribution in [0.25, 0.3) is 11.3 Å². The number of hydrogen-bond acceptors (Lipinski definition) is 4. The van der Waals surface area contributed by atoms with E-state index in [1.54, 1.807) is 21.3 Å². The van der Waals surface area contributed by atoms with Gasteiger partial charge in [0.2, 0.25) is 0 Å². The molecule has 3 aromatic rings. The molecule has 0 amide bonds. The van der Waals surface area contributed by atoms with Gasteiger partial charge in [0.1, 0.15) is 28.8 Å². The summed E-state index contributed by atoms with van der Waals surface area (Å²) in [5, 5.41) is 0. The van der Waals surface area contributed by atoms with Crippen LogP contribution in [0.5, 0.6) is 17.2 Å². The fourth-order valence-electron chi connectivity index (χ4n) is 2.66. The van der Waals surface area contributed by atoms with Crippen LogP contribution in [-0.2, 0) is 6.42 Å². The normalized spacial score (nSPS) is 10.5. The zero-order chi connectivity index (χ0) is 16.9. The molecule has 0 aliphatic carbocycles. The Bertz CT molecular complexity index is 781. The fourth-order valence-corrected chi connectivity index (χ4v) is 2.66. The van der Waals surface area contributed by atoms with Crippen molar-refractivity contribution >= 4 is 0 Å². The second-order valence-corrected chi connectivity index (χ2v) is 5.32. The van der Waals surface area contributed by atoms with Gasteiger partial charge in [-0.3, -0.25) is 0 Å². The quantitative estimate of drug-likeness (QED) is 0.666. The molecule has 0 N–H and O–H groups in total. The average Bonchev–Trinajstić information content (AvgIpc) is 3.11. The summed E-state index contributed by atoms with van der Waals surface area (Å²) in [7, 11) is 4.89. The van der Waals surface area contributed by atoms with Gasteiger partial charge in [0.15, 0.2) is 0 Å². The molecule has 0 fully saturated rings. The van der Waals surface area contributed by atoms with Gasteiger partial charge in [-0.05, 0) is 12.1 Å². The lowest BCUT2D eigenvalue weighted by molar-refractivity contribution is 0.368. The standard InChI is InChI=1S/C20H20O4/c1-21-16-12-19(22-2)17(20(13-16)23-3)11-15-9-10-18(24-15)14-7-5-4-6-8-14/h4-10,12-13H,11H2,1-3H3. The first-order chi connectivity index (χ1) is 11.7. The number of ether oxygens (including phenoxy) is 3. The molecule has 0 bridgehead atoms. The summed E-state index contributed by atoms with van der Waals surface area (Å²) in [5.41, 5.74) is 1.98. The van der Waals surface area contributed by atoms with Crippen LogP contribution < -0.4 is 14.2 Å². The van der Waals surface area contributed by atoms with Gasteiger partial charge in [0.05, 0.1) is 21.3 Å². The first-order valence-electron chi connectivity index (χ1n) is 7.68. The molecule has 0 atom stereocenters. The van der Waals surface area contributed by atoms with Crippen LogP contribution in [-0.4, -0.2) is 21.3 Å². The van der Waals surface area contributed by atoms with E-state index in [4.69, 9.17) is 18.6 Å². The number of furan rings is 1. The monoisotopic (exact) mass is 324 g/mol. The Morgan fingerprint density at radius 2 is 1.46 bits per heavy atom. The van der Waals surface area contributed by atoms with Crippen molar-refractivity contribution in [2.24, 2.45) is 0 Å². The summed E-state index contributed by atoms with van der Waals surface area (Å²) in [6.45, 7) is 0. The molecular weight excluding hydrogens is 304 g/mol. The van der Waals surface area contributed by atoms with Crippen molar-refractivity contribution in [1.29, 1.82) is 0 Å². The molecule has 124 valence electrons. The maximum atomic E-state index is 5.99. The van der Waals surface area contributed by atoms with Crippen LogP contribution in [0, 0.1) is 0 Å². The minimum Gasteiger partial charge on any atom is -0.496 e. The molecule has 0 spiro atoms. The van der Waals surface area contributed by atoms with E-state index >= 15 is 0 Å². The summed E-state index contributed by atoms with van der Waals surface area (Å²) in [4.78, 5) is 0. The van der Waals surface area contributed by atoms with E-state index in [9.17, 15) is 0 Å². The summed E-state index contributed by atoms with van der Waals surface area (Å²) in [6, 6.07) is 17.7. The van der Waals surface area contributed by atoms with Crippen LogP contribution in [0.1, 0.15) is 11.3 Å². The predicted octanol–water partition coefficient (Wildman–Crippen LogP) is 4.56. The largest absolute Gasteiger partial charge is 0.496 e. The molecule has 0 aliphatic rings. The Balaban J connectivity index is 1.93. The predicted molar refractivity (Wildman–Crippen MR) is 93.0 cm³/mol. The van der Waals surface area contributed by atoms with E-state index in [2.05, 4.69) is 0 Å². The van der Waals surface area contributed by atoms with E-state index in [0.717, 1.165) is 22.6 Å². The first kappa shape index (κ1) is 16.0.